The molecule has 1 aliphatic carbocycles. The van der Waals surface area contributed by atoms with Crippen molar-refractivity contribution in [3.8, 4) is 0 Å². The van der Waals surface area contributed by atoms with Gasteiger partial charge in [-0.1, -0.05) is 13.3 Å². The fourth-order valence-electron chi connectivity index (χ4n) is 3.16. The molecule has 0 spiro atoms. The van der Waals surface area contributed by atoms with Gasteiger partial charge in [-0.2, -0.15) is 0 Å². The molecular formula is C15H31NO2. The van der Waals surface area contributed by atoms with Crippen LogP contribution in [0.3, 0.4) is 0 Å². The summed E-state index contributed by atoms with van der Waals surface area (Å²) in [6.07, 6.45) is 6.70. The minimum Gasteiger partial charge on any atom is -0.393 e. The van der Waals surface area contributed by atoms with E-state index >= 15 is 0 Å². The van der Waals surface area contributed by atoms with Crippen molar-refractivity contribution in [2.24, 2.45) is 5.92 Å². The molecule has 108 valence electrons. The Kier molecular flexibility index (Phi) is 7.87. The number of hydrogen-bond donors (Lipinski definition) is 1. The third kappa shape index (κ3) is 5.25. The molecule has 0 heterocycles. The van der Waals surface area contributed by atoms with E-state index in [0.29, 0.717) is 6.04 Å². The molecule has 3 nitrogen and oxygen atoms in total. The van der Waals surface area contributed by atoms with E-state index in [-0.39, 0.29) is 6.10 Å². The van der Waals surface area contributed by atoms with Crippen LogP contribution in [0.15, 0.2) is 0 Å². The maximum absolute atomic E-state index is 9.87. The van der Waals surface area contributed by atoms with Crippen molar-refractivity contribution in [3.63, 3.8) is 0 Å². The third-order valence-electron chi connectivity index (χ3n) is 4.16. The molecular weight excluding hydrogens is 226 g/mol. The smallest absolute Gasteiger partial charge is 0.0555 e. The molecule has 0 radical (unpaired) electrons. The van der Waals surface area contributed by atoms with Gasteiger partial charge in [-0.3, -0.25) is 0 Å². The van der Waals surface area contributed by atoms with E-state index < -0.39 is 0 Å². The van der Waals surface area contributed by atoms with Crippen LogP contribution in [0.2, 0.25) is 0 Å². The summed E-state index contributed by atoms with van der Waals surface area (Å²) >= 11 is 0. The summed E-state index contributed by atoms with van der Waals surface area (Å²) in [4.78, 5) is 2.45. The van der Waals surface area contributed by atoms with Crippen LogP contribution in [-0.4, -0.2) is 49.0 Å². The summed E-state index contributed by atoms with van der Waals surface area (Å²) in [5.41, 5.74) is 0. The zero-order chi connectivity index (χ0) is 13.4. The highest BCUT2D eigenvalue weighted by Crippen LogP contribution is 2.31. The summed E-state index contributed by atoms with van der Waals surface area (Å²) in [5, 5.41) is 9.87. The molecule has 1 N–H and O–H groups in total. The molecule has 1 fully saturated rings. The molecule has 0 aromatic carbocycles. The van der Waals surface area contributed by atoms with E-state index in [4.69, 9.17) is 4.74 Å². The Hall–Kier alpha value is -0.120. The first-order valence-corrected chi connectivity index (χ1v) is 7.65. The average molecular weight is 257 g/mol. The van der Waals surface area contributed by atoms with Crippen molar-refractivity contribution < 1.29 is 9.84 Å². The maximum atomic E-state index is 9.87. The van der Waals surface area contributed by atoms with Crippen molar-refractivity contribution in [1.29, 1.82) is 0 Å². The monoisotopic (exact) mass is 257 g/mol. The van der Waals surface area contributed by atoms with E-state index in [2.05, 4.69) is 18.9 Å². The lowest BCUT2D eigenvalue weighted by molar-refractivity contribution is 0.0305. The quantitative estimate of drug-likeness (QED) is 0.679. The molecule has 0 aromatic heterocycles. The van der Waals surface area contributed by atoms with Gasteiger partial charge < -0.3 is 14.7 Å². The van der Waals surface area contributed by atoms with Gasteiger partial charge >= 0.3 is 0 Å². The Morgan fingerprint density at radius 1 is 1.28 bits per heavy atom. The second-order valence-electron chi connectivity index (χ2n) is 5.61. The van der Waals surface area contributed by atoms with Crippen LogP contribution in [-0.2, 0) is 4.74 Å². The minimum absolute atomic E-state index is 0.0857. The number of aliphatic hydroxyl groups is 1. The predicted octanol–water partition coefficient (Wildman–Crippen LogP) is 2.67. The molecule has 1 rings (SSSR count). The van der Waals surface area contributed by atoms with Crippen LogP contribution in [0, 0.1) is 5.92 Å². The lowest BCUT2D eigenvalue weighted by atomic mass is 9.79. The zero-order valence-electron chi connectivity index (χ0n) is 12.4. The zero-order valence-corrected chi connectivity index (χ0v) is 12.4. The summed E-state index contributed by atoms with van der Waals surface area (Å²) < 4.78 is 5.39. The standard InChI is InChI=1S/C15H31NO2/c1-4-7-13-8-9-14(17)12-15(13)16(3)10-6-11-18-5-2/h13-15,17H,4-12H2,1-3H3. The van der Waals surface area contributed by atoms with Crippen LogP contribution in [0.1, 0.15) is 52.4 Å². The fraction of sp³-hybridized carbons (Fsp3) is 1.00. The Labute approximate surface area is 113 Å². The Balaban J connectivity index is 2.37. The van der Waals surface area contributed by atoms with Gasteiger partial charge in [0.15, 0.2) is 0 Å². The van der Waals surface area contributed by atoms with Gasteiger partial charge in [-0.15, -0.1) is 0 Å². The van der Waals surface area contributed by atoms with Gasteiger partial charge in [0, 0.05) is 25.8 Å². The van der Waals surface area contributed by atoms with Gasteiger partial charge in [0.25, 0.3) is 0 Å². The average Bonchev–Trinajstić information content (AvgIpc) is 2.37. The molecule has 3 heteroatoms. The van der Waals surface area contributed by atoms with E-state index in [0.717, 1.165) is 44.9 Å². The van der Waals surface area contributed by atoms with Crippen LogP contribution >= 0.6 is 0 Å². The number of aliphatic hydroxyl groups excluding tert-OH is 1. The van der Waals surface area contributed by atoms with Gasteiger partial charge in [0.05, 0.1) is 6.10 Å². The highest BCUT2D eigenvalue weighted by molar-refractivity contribution is 4.85. The second-order valence-corrected chi connectivity index (χ2v) is 5.61. The molecule has 0 bridgehead atoms. The molecule has 0 aliphatic heterocycles. The van der Waals surface area contributed by atoms with E-state index in [9.17, 15) is 5.11 Å². The maximum Gasteiger partial charge on any atom is 0.0555 e. The number of nitrogens with zero attached hydrogens (tertiary/aromatic N) is 1. The van der Waals surface area contributed by atoms with Crippen molar-refractivity contribution >= 4 is 0 Å². The van der Waals surface area contributed by atoms with Gasteiger partial charge in [-0.05, 0) is 52.0 Å². The summed E-state index contributed by atoms with van der Waals surface area (Å²) in [5.74, 6) is 0.774. The topological polar surface area (TPSA) is 32.7 Å². The second kappa shape index (κ2) is 8.89. The highest BCUT2D eigenvalue weighted by atomic mass is 16.5. The fourth-order valence-corrected chi connectivity index (χ4v) is 3.16. The Bertz CT molecular complexity index is 211. The lowest BCUT2D eigenvalue weighted by Gasteiger charge is -2.40. The predicted molar refractivity (Wildman–Crippen MR) is 75.8 cm³/mol. The molecule has 0 saturated heterocycles. The van der Waals surface area contributed by atoms with Crippen LogP contribution in [0.25, 0.3) is 0 Å². The highest BCUT2D eigenvalue weighted by Gasteiger charge is 2.31. The van der Waals surface area contributed by atoms with Crippen LogP contribution in [0.5, 0.6) is 0 Å². The first kappa shape index (κ1) is 15.9. The molecule has 3 atom stereocenters. The van der Waals surface area contributed by atoms with Gasteiger partial charge in [-0.25, -0.2) is 0 Å². The van der Waals surface area contributed by atoms with Crippen molar-refractivity contribution in [2.75, 3.05) is 26.8 Å². The number of rotatable bonds is 8. The molecule has 1 aliphatic rings. The van der Waals surface area contributed by atoms with E-state index in [1.807, 2.05) is 6.92 Å². The Morgan fingerprint density at radius 2 is 2.06 bits per heavy atom. The lowest BCUT2D eigenvalue weighted by Crippen LogP contribution is -2.44. The van der Waals surface area contributed by atoms with Crippen molar-refractivity contribution in [3.05, 3.63) is 0 Å². The van der Waals surface area contributed by atoms with Gasteiger partial charge in [0.1, 0.15) is 0 Å². The van der Waals surface area contributed by atoms with Crippen LogP contribution < -0.4 is 0 Å². The largest absolute Gasteiger partial charge is 0.393 e. The molecule has 1 saturated carbocycles. The van der Waals surface area contributed by atoms with E-state index in [1.165, 1.54) is 19.3 Å². The first-order valence-electron chi connectivity index (χ1n) is 7.65. The van der Waals surface area contributed by atoms with Gasteiger partial charge in [0.2, 0.25) is 0 Å². The van der Waals surface area contributed by atoms with Crippen molar-refractivity contribution in [1.82, 2.24) is 4.90 Å². The molecule has 3 unspecified atom stereocenters. The third-order valence-corrected chi connectivity index (χ3v) is 4.16. The molecule has 0 amide bonds. The normalized spacial score (nSPS) is 28.8. The summed E-state index contributed by atoms with van der Waals surface area (Å²) in [7, 11) is 2.21. The van der Waals surface area contributed by atoms with Crippen LogP contribution in [0.4, 0.5) is 0 Å². The Morgan fingerprint density at radius 3 is 2.72 bits per heavy atom. The first-order chi connectivity index (χ1) is 8.69. The number of ether oxygens (including phenoxy) is 1. The number of hydrogen-bond acceptors (Lipinski definition) is 3. The van der Waals surface area contributed by atoms with Crippen molar-refractivity contribution in [2.45, 2.75) is 64.5 Å². The van der Waals surface area contributed by atoms with E-state index in [1.54, 1.807) is 0 Å². The summed E-state index contributed by atoms with van der Waals surface area (Å²) in [6, 6.07) is 0.565. The summed E-state index contributed by atoms with van der Waals surface area (Å²) in [6.45, 7) is 7.05. The minimum atomic E-state index is -0.0857. The SMILES string of the molecule is CCCC1CCC(O)CC1N(C)CCCOCC. The molecule has 0 aromatic rings. The molecule has 18 heavy (non-hydrogen) atoms.